The van der Waals surface area contributed by atoms with Crippen molar-refractivity contribution in [1.29, 1.82) is 0 Å². The molecule has 0 N–H and O–H groups in total. The van der Waals surface area contributed by atoms with Crippen molar-refractivity contribution in [2.75, 3.05) is 6.54 Å². The summed E-state index contributed by atoms with van der Waals surface area (Å²) in [6.45, 7) is 0.415. The molecule has 0 saturated heterocycles. The van der Waals surface area contributed by atoms with E-state index in [1.54, 1.807) is 24.3 Å². The Balaban J connectivity index is 1.75. The van der Waals surface area contributed by atoms with Gasteiger partial charge < -0.3 is 0 Å². The minimum atomic E-state index is -0.188. The molecule has 0 fully saturated rings. The van der Waals surface area contributed by atoms with Crippen molar-refractivity contribution in [2.24, 2.45) is 0 Å². The molecule has 0 bridgehead atoms. The second kappa shape index (κ2) is 5.82. The highest BCUT2D eigenvalue weighted by Crippen LogP contribution is 2.22. The van der Waals surface area contributed by atoms with Gasteiger partial charge in [-0.15, -0.1) is 0 Å². The van der Waals surface area contributed by atoms with E-state index in [9.17, 15) is 9.59 Å². The molecular weight excluding hydrogens is 330 g/mol. The Hall–Kier alpha value is -1.94. The second-order valence-corrected chi connectivity index (χ2v) is 5.57. The first kappa shape index (κ1) is 14.0. The fraction of sp³-hybridized carbons (Fsp3) is 0.176. The predicted molar refractivity (Wildman–Crippen MR) is 84.6 cm³/mol. The number of carbonyl (C=O) groups is 2. The average molecular weight is 344 g/mol. The van der Waals surface area contributed by atoms with Crippen LogP contribution in [0.1, 0.15) is 31.8 Å². The van der Waals surface area contributed by atoms with Crippen molar-refractivity contribution >= 4 is 27.7 Å². The molecule has 2 aromatic carbocycles. The Kier molecular flexibility index (Phi) is 3.88. The van der Waals surface area contributed by atoms with Gasteiger partial charge in [-0.25, -0.2) is 0 Å². The van der Waals surface area contributed by atoms with Crippen LogP contribution in [-0.4, -0.2) is 23.3 Å². The monoisotopic (exact) mass is 343 g/mol. The number of nitrogens with zero attached hydrogens (tertiary/aromatic N) is 1. The van der Waals surface area contributed by atoms with Gasteiger partial charge in [0, 0.05) is 11.9 Å². The maximum Gasteiger partial charge on any atom is 0.261 e. The number of rotatable bonds is 4. The van der Waals surface area contributed by atoms with Gasteiger partial charge in [-0.05, 0) is 29.7 Å². The summed E-state index contributed by atoms with van der Waals surface area (Å²) in [6.07, 6.45) is 0.673. The molecule has 1 aliphatic heterocycles. The standard InChI is InChI=1S/C17H14BrNO2/c18-11-13-5-3-4-12(10-13)8-9-19-16(20)14-6-1-2-7-15(14)17(19)21/h1-7,10H,8-9,11H2. The largest absolute Gasteiger partial charge is 0.274 e. The maximum absolute atomic E-state index is 12.2. The van der Waals surface area contributed by atoms with Crippen LogP contribution in [-0.2, 0) is 11.8 Å². The zero-order chi connectivity index (χ0) is 14.8. The SMILES string of the molecule is O=C1c2ccccc2C(=O)N1CCc1cccc(CBr)c1. The molecule has 0 unspecified atom stereocenters. The van der Waals surface area contributed by atoms with Crippen LogP contribution in [0.2, 0.25) is 0 Å². The summed E-state index contributed by atoms with van der Waals surface area (Å²) in [5.41, 5.74) is 3.34. The Morgan fingerprint density at radius 1 is 0.857 bits per heavy atom. The number of hydrogen-bond donors (Lipinski definition) is 0. The number of fused-ring (bicyclic) bond motifs is 1. The summed E-state index contributed by atoms with van der Waals surface area (Å²) >= 11 is 3.43. The number of carbonyl (C=O) groups excluding carboxylic acids is 2. The lowest BCUT2D eigenvalue weighted by molar-refractivity contribution is 0.0656. The molecule has 3 rings (SSSR count). The summed E-state index contributed by atoms with van der Waals surface area (Å²) < 4.78 is 0. The van der Waals surface area contributed by atoms with Gasteiger partial charge in [0.05, 0.1) is 11.1 Å². The van der Waals surface area contributed by atoms with Crippen LogP contribution in [0.25, 0.3) is 0 Å². The van der Waals surface area contributed by atoms with E-state index in [1.165, 1.54) is 10.5 Å². The second-order valence-electron chi connectivity index (χ2n) is 5.01. The number of benzene rings is 2. The Labute approximate surface area is 131 Å². The van der Waals surface area contributed by atoms with E-state index in [0.717, 1.165) is 10.9 Å². The summed E-state index contributed by atoms with van der Waals surface area (Å²) in [5, 5.41) is 0.799. The summed E-state index contributed by atoms with van der Waals surface area (Å²) in [6, 6.07) is 15.1. The molecule has 0 saturated carbocycles. The lowest BCUT2D eigenvalue weighted by atomic mass is 10.1. The van der Waals surface area contributed by atoms with Crippen molar-refractivity contribution < 1.29 is 9.59 Å². The molecular formula is C17H14BrNO2. The molecule has 1 aliphatic rings. The zero-order valence-electron chi connectivity index (χ0n) is 11.4. The first-order valence-electron chi connectivity index (χ1n) is 6.79. The van der Waals surface area contributed by atoms with Crippen LogP contribution in [0.4, 0.5) is 0 Å². The molecule has 2 aromatic rings. The fourth-order valence-electron chi connectivity index (χ4n) is 2.55. The lowest BCUT2D eigenvalue weighted by Gasteiger charge is -2.13. The molecule has 0 atom stereocenters. The van der Waals surface area contributed by atoms with E-state index in [-0.39, 0.29) is 11.8 Å². The number of halogens is 1. The van der Waals surface area contributed by atoms with E-state index in [0.29, 0.717) is 24.1 Å². The van der Waals surface area contributed by atoms with Gasteiger partial charge >= 0.3 is 0 Å². The van der Waals surface area contributed by atoms with Crippen molar-refractivity contribution in [3.63, 3.8) is 0 Å². The van der Waals surface area contributed by atoms with Crippen LogP contribution in [0.3, 0.4) is 0 Å². The molecule has 1 heterocycles. The third-order valence-corrected chi connectivity index (χ3v) is 4.30. The van der Waals surface area contributed by atoms with E-state index >= 15 is 0 Å². The molecule has 0 aromatic heterocycles. The zero-order valence-corrected chi connectivity index (χ0v) is 13.0. The van der Waals surface area contributed by atoms with Crippen molar-refractivity contribution in [1.82, 2.24) is 4.90 Å². The Morgan fingerprint density at radius 3 is 2.10 bits per heavy atom. The average Bonchev–Trinajstić information content (AvgIpc) is 2.78. The third-order valence-electron chi connectivity index (χ3n) is 3.65. The van der Waals surface area contributed by atoms with Gasteiger partial charge in [-0.3, -0.25) is 14.5 Å². The highest BCUT2D eigenvalue weighted by molar-refractivity contribution is 9.08. The summed E-state index contributed by atoms with van der Waals surface area (Å²) in [4.78, 5) is 25.8. The van der Waals surface area contributed by atoms with Gasteiger partial charge in [0.15, 0.2) is 0 Å². The number of imide groups is 1. The van der Waals surface area contributed by atoms with Gasteiger partial charge in [0.1, 0.15) is 0 Å². The number of hydrogen-bond acceptors (Lipinski definition) is 2. The summed E-state index contributed by atoms with van der Waals surface area (Å²) in [5.74, 6) is -0.375. The molecule has 0 spiro atoms. The molecule has 2 amide bonds. The van der Waals surface area contributed by atoms with Gasteiger partial charge in [-0.2, -0.15) is 0 Å². The van der Waals surface area contributed by atoms with Crippen molar-refractivity contribution in [3.8, 4) is 0 Å². The predicted octanol–water partition coefficient (Wildman–Crippen LogP) is 3.42. The minimum absolute atomic E-state index is 0.188. The Bertz CT molecular complexity index is 676. The molecule has 106 valence electrons. The molecule has 21 heavy (non-hydrogen) atoms. The third kappa shape index (κ3) is 2.63. The highest BCUT2D eigenvalue weighted by atomic mass is 79.9. The smallest absolute Gasteiger partial charge is 0.261 e. The van der Waals surface area contributed by atoms with Crippen LogP contribution in [0.15, 0.2) is 48.5 Å². The van der Waals surface area contributed by atoms with Gasteiger partial charge in [0.25, 0.3) is 11.8 Å². The van der Waals surface area contributed by atoms with Crippen LogP contribution in [0.5, 0.6) is 0 Å². The highest BCUT2D eigenvalue weighted by Gasteiger charge is 2.34. The quantitative estimate of drug-likeness (QED) is 0.630. The van der Waals surface area contributed by atoms with Gasteiger partial charge in [-0.1, -0.05) is 52.3 Å². The fourth-order valence-corrected chi connectivity index (χ4v) is 2.90. The minimum Gasteiger partial charge on any atom is -0.274 e. The first-order valence-corrected chi connectivity index (χ1v) is 7.92. The number of amides is 2. The van der Waals surface area contributed by atoms with Gasteiger partial charge in [0.2, 0.25) is 0 Å². The molecule has 4 heteroatoms. The van der Waals surface area contributed by atoms with Crippen molar-refractivity contribution in [3.05, 3.63) is 70.8 Å². The molecule has 0 radical (unpaired) electrons. The maximum atomic E-state index is 12.2. The normalized spacial score (nSPS) is 13.7. The number of alkyl halides is 1. The lowest BCUT2D eigenvalue weighted by Crippen LogP contribution is -2.31. The van der Waals surface area contributed by atoms with Crippen LogP contribution < -0.4 is 0 Å². The topological polar surface area (TPSA) is 37.4 Å². The Morgan fingerprint density at radius 2 is 1.48 bits per heavy atom. The molecule has 0 aliphatic carbocycles. The van der Waals surface area contributed by atoms with Crippen LogP contribution in [0, 0.1) is 0 Å². The van der Waals surface area contributed by atoms with E-state index in [4.69, 9.17) is 0 Å². The first-order chi connectivity index (χ1) is 10.2. The van der Waals surface area contributed by atoms with Crippen molar-refractivity contribution in [2.45, 2.75) is 11.8 Å². The van der Waals surface area contributed by atoms with Crippen LogP contribution >= 0.6 is 15.9 Å². The van der Waals surface area contributed by atoms with E-state index in [2.05, 4.69) is 22.0 Å². The van der Waals surface area contributed by atoms with E-state index < -0.39 is 0 Å². The molecule has 3 nitrogen and oxygen atoms in total. The summed E-state index contributed by atoms with van der Waals surface area (Å²) in [7, 11) is 0. The van der Waals surface area contributed by atoms with E-state index in [1.807, 2.05) is 18.2 Å².